The predicted octanol–water partition coefficient (Wildman–Crippen LogP) is 3.69. The molecule has 2 aliphatic rings. The molecule has 2 fully saturated rings. The summed E-state index contributed by atoms with van der Waals surface area (Å²) in [6, 6.07) is 10.5. The molecule has 0 aromatic heterocycles. The van der Waals surface area contributed by atoms with Crippen LogP contribution in [-0.4, -0.2) is 29.9 Å². The molecule has 0 radical (unpaired) electrons. The molecule has 0 unspecified atom stereocenters. The number of likely N-dealkylation sites (tertiary alicyclic amines) is 1. The Balaban J connectivity index is 1.45. The van der Waals surface area contributed by atoms with E-state index in [-0.39, 0.29) is 6.04 Å². The van der Waals surface area contributed by atoms with Crippen LogP contribution in [0.3, 0.4) is 0 Å². The summed E-state index contributed by atoms with van der Waals surface area (Å²) >= 11 is 0. The smallest absolute Gasteiger partial charge is 0.222 e. The molecule has 3 rings (SSSR count). The van der Waals surface area contributed by atoms with Crippen molar-refractivity contribution >= 4 is 5.91 Å². The van der Waals surface area contributed by atoms with Crippen molar-refractivity contribution in [2.75, 3.05) is 13.1 Å². The van der Waals surface area contributed by atoms with Crippen LogP contribution in [0, 0.1) is 5.92 Å². The van der Waals surface area contributed by atoms with Crippen molar-refractivity contribution in [3.8, 4) is 0 Å². The van der Waals surface area contributed by atoms with Gasteiger partial charge in [-0.15, -0.1) is 0 Å². The van der Waals surface area contributed by atoms with Crippen molar-refractivity contribution in [3.05, 3.63) is 35.9 Å². The number of amides is 1. The van der Waals surface area contributed by atoms with Gasteiger partial charge in [-0.1, -0.05) is 62.4 Å². The second kappa shape index (κ2) is 7.96. The number of nitrogens with zero attached hydrogens (tertiary/aromatic N) is 1. The molecule has 1 aromatic rings. The van der Waals surface area contributed by atoms with Crippen molar-refractivity contribution in [3.63, 3.8) is 0 Å². The zero-order valence-electron chi connectivity index (χ0n) is 14.1. The number of benzene rings is 1. The molecule has 0 spiro atoms. The maximum atomic E-state index is 12.5. The van der Waals surface area contributed by atoms with Crippen LogP contribution in [0.25, 0.3) is 0 Å². The maximum Gasteiger partial charge on any atom is 0.222 e. The molecular weight excluding hydrogens is 284 g/mol. The van der Waals surface area contributed by atoms with Crippen molar-refractivity contribution in [1.29, 1.82) is 0 Å². The Bertz CT molecular complexity index is 496. The highest BCUT2D eigenvalue weighted by molar-refractivity contribution is 5.76. The summed E-state index contributed by atoms with van der Waals surface area (Å²) in [4.78, 5) is 14.5. The van der Waals surface area contributed by atoms with E-state index in [1.807, 2.05) is 11.0 Å². The maximum absolute atomic E-state index is 12.5. The van der Waals surface area contributed by atoms with E-state index in [2.05, 4.69) is 24.3 Å². The van der Waals surface area contributed by atoms with E-state index < -0.39 is 0 Å². The SMILES string of the molecule is N[C@@H]1CN(C(=O)CCCC2CCCCC2)C[C@H]1c1ccccc1. The van der Waals surface area contributed by atoms with E-state index in [0.29, 0.717) is 24.8 Å². The van der Waals surface area contributed by atoms with Gasteiger partial charge in [-0.2, -0.15) is 0 Å². The molecule has 0 bridgehead atoms. The molecule has 1 saturated heterocycles. The summed E-state index contributed by atoms with van der Waals surface area (Å²) in [5.41, 5.74) is 7.55. The number of carbonyl (C=O) groups excluding carboxylic acids is 1. The monoisotopic (exact) mass is 314 g/mol. The lowest BCUT2D eigenvalue weighted by Gasteiger charge is -2.22. The zero-order chi connectivity index (χ0) is 16.1. The highest BCUT2D eigenvalue weighted by Gasteiger charge is 2.33. The third-order valence-corrected chi connectivity index (χ3v) is 5.67. The van der Waals surface area contributed by atoms with E-state index in [9.17, 15) is 4.79 Å². The first kappa shape index (κ1) is 16.5. The largest absolute Gasteiger partial charge is 0.340 e. The van der Waals surface area contributed by atoms with Gasteiger partial charge < -0.3 is 10.6 Å². The van der Waals surface area contributed by atoms with Crippen LogP contribution in [0.15, 0.2) is 30.3 Å². The Kier molecular flexibility index (Phi) is 5.71. The van der Waals surface area contributed by atoms with Gasteiger partial charge in [-0.3, -0.25) is 4.79 Å². The number of carbonyl (C=O) groups is 1. The lowest BCUT2D eigenvalue weighted by atomic mass is 9.86. The molecular formula is C20H30N2O. The number of hydrogen-bond acceptors (Lipinski definition) is 2. The Morgan fingerprint density at radius 1 is 1.09 bits per heavy atom. The van der Waals surface area contributed by atoms with Gasteiger partial charge in [0, 0.05) is 31.5 Å². The molecule has 1 aliphatic heterocycles. The average Bonchev–Trinajstić information content (AvgIpc) is 2.98. The second-order valence-electron chi connectivity index (χ2n) is 7.38. The van der Waals surface area contributed by atoms with Gasteiger partial charge in [0.1, 0.15) is 0 Å². The Morgan fingerprint density at radius 2 is 1.83 bits per heavy atom. The van der Waals surface area contributed by atoms with Crippen molar-refractivity contribution < 1.29 is 4.79 Å². The summed E-state index contributed by atoms with van der Waals surface area (Å²) in [6.07, 6.45) is 9.90. The predicted molar refractivity (Wildman–Crippen MR) is 94.2 cm³/mol. The van der Waals surface area contributed by atoms with Crippen LogP contribution < -0.4 is 5.73 Å². The van der Waals surface area contributed by atoms with Crippen LogP contribution in [0.4, 0.5) is 0 Å². The van der Waals surface area contributed by atoms with Crippen LogP contribution in [0.1, 0.15) is 62.8 Å². The third-order valence-electron chi connectivity index (χ3n) is 5.67. The topological polar surface area (TPSA) is 46.3 Å². The van der Waals surface area contributed by atoms with Crippen LogP contribution in [-0.2, 0) is 4.79 Å². The highest BCUT2D eigenvalue weighted by atomic mass is 16.2. The Hall–Kier alpha value is -1.35. The van der Waals surface area contributed by atoms with Gasteiger partial charge in [-0.05, 0) is 24.3 Å². The first-order valence-corrected chi connectivity index (χ1v) is 9.32. The lowest BCUT2D eigenvalue weighted by molar-refractivity contribution is -0.130. The minimum absolute atomic E-state index is 0.0692. The first-order valence-electron chi connectivity index (χ1n) is 9.32. The van der Waals surface area contributed by atoms with E-state index in [1.54, 1.807) is 0 Å². The van der Waals surface area contributed by atoms with Gasteiger partial charge in [0.25, 0.3) is 0 Å². The van der Waals surface area contributed by atoms with E-state index in [0.717, 1.165) is 18.9 Å². The highest BCUT2D eigenvalue weighted by Crippen LogP contribution is 2.29. The normalized spacial score (nSPS) is 25.7. The summed E-state index contributed by atoms with van der Waals surface area (Å²) in [5.74, 6) is 1.46. The fraction of sp³-hybridized carbons (Fsp3) is 0.650. The van der Waals surface area contributed by atoms with E-state index in [4.69, 9.17) is 5.73 Å². The van der Waals surface area contributed by atoms with E-state index >= 15 is 0 Å². The lowest BCUT2D eigenvalue weighted by Crippen LogP contribution is -2.32. The fourth-order valence-corrected chi connectivity index (χ4v) is 4.26. The van der Waals surface area contributed by atoms with Crippen molar-refractivity contribution in [2.45, 2.75) is 63.3 Å². The van der Waals surface area contributed by atoms with Gasteiger partial charge in [0.15, 0.2) is 0 Å². The minimum Gasteiger partial charge on any atom is -0.340 e. The van der Waals surface area contributed by atoms with E-state index in [1.165, 1.54) is 44.1 Å². The molecule has 1 amide bonds. The van der Waals surface area contributed by atoms with Crippen LogP contribution in [0.5, 0.6) is 0 Å². The number of nitrogens with two attached hydrogens (primary N) is 1. The quantitative estimate of drug-likeness (QED) is 0.901. The van der Waals surface area contributed by atoms with Crippen LogP contribution >= 0.6 is 0 Å². The molecule has 126 valence electrons. The van der Waals surface area contributed by atoms with Gasteiger partial charge in [0.05, 0.1) is 0 Å². The Labute approximate surface area is 140 Å². The summed E-state index contributed by atoms with van der Waals surface area (Å²) < 4.78 is 0. The summed E-state index contributed by atoms with van der Waals surface area (Å²) in [6.45, 7) is 1.50. The first-order chi connectivity index (χ1) is 11.2. The molecule has 3 nitrogen and oxygen atoms in total. The number of hydrogen-bond donors (Lipinski definition) is 1. The molecule has 2 N–H and O–H groups in total. The molecule has 1 aromatic carbocycles. The summed E-state index contributed by atoms with van der Waals surface area (Å²) in [5, 5.41) is 0. The standard InChI is InChI=1S/C20H30N2O/c21-19-15-22(14-18(19)17-11-5-2-6-12-17)20(23)13-7-10-16-8-3-1-4-9-16/h2,5-6,11-12,16,18-19H,1,3-4,7-10,13-15,21H2/t18-,19+/m0/s1. The average molecular weight is 314 g/mol. The van der Waals surface area contributed by atoms with Crippen molar-refractivity contribution in [1.82, 2.24) is 4.90 Å². The van der Waals surface area contributed by atoms with Gasteiger partial charge in [-0.25, -0.2) is 0 Å². The van der Waals surface area contributed by atoms with Crippen molar-refractivity contribution in [2.24, 2.45) is 11.7 Å². The number of rotatable bonds is 5. The molecule has 1 saturated carbocycles. The molecule has 1 heterocycles. The van der Waals surface area contributed by atoms with Crippen LogP contribution in [0.2, 0.25) is 0 Å². The second-order valence-corrected chi connectivity index (χ2v) is 7.38. The zero-order valence-corrected chi connectivity index (χ0v) is 14.1. The molecule has 1 aliphatic carbocycles. The summed E-state index contributed by atoms with van der Waals surface area (Å²) in [7, 11) is 0. The molecule has 2 atom stereocenters. The van der Waals surface area contributed by atoms with Gasteiger partial charge in [0.2, 0.25) is 5.91 Å². The van der Waals surface area contributed by atoms with Gasteiger partial charge >= 0.3 is 0 Å². The third kappa shape index (κ3) is 4.35. The Morgan fingerprint density at radius 3 is 2.57 bits per heavy atom. The minimum atomic E-state index is 0.0692. The molecule has 3 heteroatoms. The fourth-order valence-electron chi connectivity index (χ4n) is 4.26. The molecule has 23 heavy (non-hydrogen) atoms.